The molecule has 0 bridgehead atoms. The summed E-state index contributed by atoms with van der Waals surface area (Å²) in [5.74, 6) is 0.568. The number of thioether (sulfide) groups is 1. The highest BCUT2D eigenvalue weighted by Crippen LogP contribution is 2.22. The number of benzene rings is 1. The van der Waals surface area contributed by atoms with Crippen LogP contribution in [0.4, 0.5) is 4.39 Å². The summed E-state index contributed by atoms with van der Waals surface area (Å²) in [7, 11) is 0. The van der Waals surface area contributed by atoms with Crippen LogP contribution in [0.15, 0.2) is 35.9 Å². The minimum Gasteiger partial charge on any atom is -0.376 e. The first-order chi connectivity index (χ1) is 15.0. The van der Waals surface area contributed by atoms with E-state index in [2.05, 4.69) is 9.88 Å². The molecule has 0 saturated carbocycles. The molecule has 1 unspecified atom stereocenters. The van der Waals surface area contributed by atoms with Gasteiger partial charge in [-0.25, -0.2) is 4.39 Å². The molecule has 164 valence electrons. The summed E-state index contributed by atoms with van der Waals surface area (Å²) in [5.41, 5.74) is 3.71. The van der Waals surface area contributed by atoms with E-state index < -0.39 is 5.91 Å². The Hall–Kier alpha value is -2.56. The van der Waals surface area contributed by atoms with Crippen LogP contribution < -0.4 is 5.32 Å². The van der Waals surface area contributed by atoms with Gasteiger partial charge >= 0.3 is 0 Å². The van der Waals surface area contributed by atoms with Gasteiger partial charge in [-0.1, -0.05) is 18.2 Å². The van der Waals surface area contributed by atoms with Gasteiger partial charge in [-0.3, -0.25) is 4.79 Å². The van der Waals surface area contributed by atoms with E-state index in [1.165, 1.54) is 17.8 Å². The lowest BCUT2D eigenvalue weighted by Gasteiger charge is -2.14. The van der Waals surface area contributed by atoms with Gasteiger partial charge in [-0.05, 0) is 56.0 Å². The molecule has 31 heavy (non-hydrogen) atoms. The Kier molecular flexibility index (Phi) is 8.33. The predicted octanol–water partition coefficient (Wildman–Crippen LogP) is 4.38. The molecule has 1 saturated heterocycles. The van der Waals surface area contributed by atoms with Crippen molar-refractivity contribution in [1.29, 1.82) is 5.26 Å². The molecule has 0 spiro atoms. The number of rotatable bonds is 9. The summed E-state index contributed by atoms with van der Waals surface area (Å²) in [6.45, 7) is 6.04. The van der Waals surface area contributed by atoms with Gasteiger partial charge in [0.2, 0.25) is 0 Å². The third kappa shape index (κ3) is 6.22. The van der Waals surface area contributed by atoms with E-state index >= 15 is 0 Å². The van der Waals surface area contributed by atoms with E-state index in [0.29, 0.717) is 23.6 Å². The summed E-state index contributed by atoms with van der Waals surface area (Å²) in [6.07, 6.45) is 4.02. The van der Waals surface area contributed by atoms with Crippen molar-refractivity contribution >= 4 is 23.7 Å². The van der Waals surface area contributed by atoms with E-state index in [1.54, 1.807) is 18.2 Å². The number of hydrogen-bond acceptors (Lipinski definition) is 4. The van der Waals surface area contributed by atoms with Gasteiger partial charge < -0.3 is 14.6 Å². The topological polar surface area (TPSA) is 67.0 Å². The second-order valence-electron chi connectivity index (χ2n) is 7.64. The van der Waals surface area contributed by atoms with Crippen molar-refractivity contribution < 1.29 is 13.9 Å². The number of carbonyl (C=O) groups excluding carboxylic acids is 1. The molecule has 1 aromatic heterocycles. The number of amides is 1. The van der Waals surface area contributed by atoms with E-state index in [4.69, 9.17) is 4.74 Å². The molecular weight excluding hydrogens is 413 g/mol. The Balaban J connectivity index is 1.54. The number of aromatic nitrogens is 1. The van der Waals surface area contributed by atoms with Crippen molar-refractivity contribution in [2.45, 2.75) is 45.1 Å². The van der Waals surface area contributed by atoms with E-state index in [1.807, 2.05) is 32.0 Å². The molecule has 5 nitrogen and oxygen atoms in total. The first kappa shape index (κ1) is 23.1. The number of aryl methyl sites for hydroxylation is 1. The van der Waals surface area contributed by atoms with Gasteiger partial charge in [0.05, 0.1) is 6.10 Å². The third-order valence-corrected chi connectivity index (χ3v) is 6.44. The van der Waals surface area contributed by atoms with Crippen LogP contribution in [0, 0.1) is 31.0 Å². The molecule has 3 rings (SSSR count). The monoisotopic (exact) mass is 441 g/mol. The lowest BCUT2D eigenvalue weighted by Crippen LogP contribution is -2.26. The van der Waals surface area contributed by atoms with E-state index in [0.717, 1.165) is 42.9 Å². The SMILES string of the molecule is Cc1cc(/C=C(\C#N)C(=O)NCCSCc2ccccc2F)c(C)n1CC1CCCO1. The molecule has 1 aromatic carbocycles. The normalized spacial score (nSPS) is 16.3. The van der Waals surface area contributed by atoms with Crippen molar-refractivity contribution in [1.82, 2.24) is 9.88 Å². The Morgan fingerprint density at radius 1 is 1.42 bits per heavy atom. The number of hydrogen-bond donors (Lipinski definition) is 1. The fraction of sp³-hybridized carbons (Fsp3) is 0.417. The van der Waals surface area contributed by atoms with Crippen molar-refractivity contribution in [3.63, 3.8) is 0 Å². The van der Waals surface area contributed by atoms with Crippen LogP contribution in [0.25, 0.3) is 6.08 Å². The molecule has 2 heterocycles. The van der Waals surface area contributed by atoms with Crippen LogP contribution in [0.5, 0.6) is 0 Å². The third-order valence-electron chi connectivity index (χ3n) is 5.44. The molecule has 1 atom stereocenters. The zero-order chi connectivity index (χ0) is 22.2. The highest BCUT2D eigenvalue weighted by Gasteiger charge is 2.19. The fourth-order valence-corrected chi connectivity index (χ4v) is 4.53. The zero-order valence-corrected chi connectivity index (χ0v) is 18.8. The molecule has 7 heteroatoms. The molecule has 0 aliphatic carbocycles. The standard InChI is InChI=1S/C24H28FN3O2S/c1-17-12-20(18(2)28(17)15-22-7-5-10-30-22)13-21(14-26)24(29)27-9-11-31-16-19-6-3-4-8-23(19)25/h3-4,6,8,12-13,22H,5,7,9-11,15-16H2,1-2H3,(H,27,29)/b21-13+. The smallest absolute Gasteiger partial charge is 0.261 e. The maximum atomic E-state index is 13.6. The van der Waals surface area contributed by atoms with Gasteiger partial charge in [0, 0.05) is 42.6 Å². The van der Waals surface area contributed by atoms with Crippen molar-refractivity contribution in [3.8, 4) is 6.07 Å². The highest BCUT2D eigenvalue weighted by molar-refractivity contribution is 7.98. The maximum absolute atomic E-state index is 13.6. The first-order valence-corrected chi connectivity index (χ1v) is 11.6. The van der Waals surface area contributed by atoms with Gasteiger partial charge in [0.15, 0.2) is 0 Å². The second kappa shape index (κ2) is 11.2. The molecule has 1 aliphatic rings. The van der Waals surface area contributed by atoms with Gasteiger partial charge in [-0.15, -0.1) is 0 Å². The molecule has 1 N–H and O–H groups in total. The number of ether oxygens (including phenoxy) is 1. The molecule has 1 amide bonds. The molecule has 1 fully saturated rings. The van der Waals surface area contributed by atoms with Gasteiger partial charge in [0.25, 0.3) is 5.91 Å². The summed E-state index contributed by atoms with van der Waals surface area (Å²) < 4.78 is 21.6. The maximum Gasteiger partial charge on any atom is 0.261 e. The summed E-state index contributed by atoms with van der Waals surface area (Å²) in [6, 6.07) is 10.7. The number of nitrogens with one attached hydrogen (secondary N) is 1. The quantitative estimate of drug-likeness (QED) is 0.356. The van der Waals surface area contributed by atoms with Crippen LogP contribution in [0.3, 0.4) is 0 Å². The minimum atomic E-state index is -0.391. The van der Waals surface area contributed by atoms with Crippen molar-refractivity contribution in [3.05, 3.63) is 64.2 Å². The number of carbonyl (C=O) groups is 1. The fourth-order valence-electron chi connectivity index (χ4n) is 3.68. The Bertz CT molecular complexity index is 987. The molecule has 0 radical (unpaired) electrons. The van der Waals surface area contributed by atoms with E-state index in [-0.39, 0.29) is 17.5 Å². The van der Waals surface area contributed by atoms with Crippen LogP contribution in [0.1, 0.15) is 35.4 Å². The lowest BCUT2D eigenvalue weighted by atomic mass is 10.1. The summed E-state index contributed by atoms with van der Waals surface area (Å²) in [5, 5.41) is 12.3. The Labute approximate surface area is 187 Å². The number of halogens is 1. The molecular formula is C24H28FN3O2S. The van der Waals surface area contributed by atoms with Gasteiger partial charge in [0.1, 0.15) is 17.5 Å². The predicted molar refractivity (Wildman–Crippen MR) is 122 cm³/mol. The first-order valence-electron chi connectivity index (χ1n) is 10.5. The van der Waals surface area contributed by atoms with E-state index in [9.17, 15) is 14.4 Å². The van der Waals surface area contributed by atoms with Crippen LogP contribution >= 0.6 is 11.8 Å². The van der Waals surface area contributed by atoms with Crippen LogP contribution in [-0.2, 0) is 21.8 Å². The molecule has 2 aromatic rings. The van der Waals surface area contributed by atoms with Crippen molar-refractivity contribution in [2.24, 2.45) is 0 Å². The number of nitrogens with zero attached hydrogens (tertiary/aromatic N) is 2. The zero-order valence-electron chi connectivity index (χ0n) is 18.0. The Morgan fingerprint density at radius 3 is 2.94 bits per heavy atom. The molecule has 1 aliphatic heterocycles. The average Bonchev–Trinajstić information content (AvgIpc) is 3.36. The van der Waals surface area contributed by atoms with Crippen LogP contribution in [0.2, 0.25) is 0 Å². The van der Waals surface area contributed by atoms with Gasteiger partial charge in [-0.2, -0.15) is 17.0 Å². The average molecular weight is 442 g/mol. The summed E-state index contributed by atoms with van der Waals surface area (Å²) in [4.78, 5) is 12.4. The largest absolute Gasteiger partial charge is 0.376 e. The summed E-state index contributed by atoms with van der Waals surface area (Å²) >= 11 is 1.54. The van der Waals surface area contributed by atoms with Crippen LogP contribution in [-0.4, -0.2) is 35.5 Å². The second-order valence-corrected chi connectivity index (χ2v) is 8.75. The highest BCUT2D eigenvalue weighted by atomic mass is 32.2. The van der Waals surface area contributed by atoms with Crippen molar-refractivity contribution in [2.75, 3.05) is 18.9 Å². The minimum absolute atomic E-state index is 0.0801. The lowest BCUT2D eigenvalue weighted by molar-refractivity contribution is -0.116. The number of nitriles is 1. The Morgan fingerprint density at radius 2 is 2.23 bits per heavy atom.